The molecule has 0 unspecified atom stereocenters. The Morgan fingerprint density at radius 3 is 2.69 bits per heavy atom. The van der Waals surface area contributed by atoms with Crippen LogP contribution in [0.3, 0.4) is 0 Å². The van der Waals surface area contributed by atoms with E-state index in [1.165, 1.54) is 5.56 Å². The average Bonchev–Trinajstić information content (AvgIpc) is 3.25. The molecular weight excluding hydrogens is 344 g/mol. The molecule has 1 aliphatic rings. The first kappa shape index (κ1) is 19.2. The highest BCUT2D eigenvalue weighted by Crippen LogP contribution is 2.29. The summed E-state index contributed by atoms with van der Waals surface area (Å²) in [5, 5.41) is 0.744. The molecule has 1 aromatic carbocycles. The number of ether oxygens (including phenoxy) is 1. The molecule has 140 valence electrons. The molecule has 1 fully saturated rings. The summed E-state index contributed by atoms with van der Waals surface area (Å²) in [6.07, 6.45) is 3.47. The van der Waals surface area contributed by atoms with Gasteiger partial charge in [-0.1, -0.05) is 43.0 Å². The highest BCUT2D eigenvalue weighted by atomic mass is 32.2. The van der Waals surface area contributed by atoms with Crippen molar-refractivity contribution in [2.24, 2.45) is 0 Å². The van der Waals surface area contributed by atoms with Gasteiger partial charge in [0.05, 0.1) is 23.6 Å². The summed E-state index contributed by atoms with van der Waals surface area (Å²) < 4.78 is 8.02. The maximum absolute atomic E-state index is 12.8. The Labute approximate surface area is 160 Å². The highest BCUT2D eigenvalue weighted by Gasteiger charge is 2.23. The van der Waals surface area contributed by atoms with E-state index in [9.17, 15) is 4.79 Å². The Balaban J connectivity index is 1.74. The van der Waals surface area contributed by atoms with E-state index in [1.807, 2.05) is 38.1 Å². The van der Waals surface area contributed by atoms with E-state index in [1.54, 1.807) is 11.8 Å². The number of rotatable bonds is 7. The van der Waals surface area contributed by atoms with Gasteiger partial charge in [0.15, 0.2) is 10.9 Å². The number of carbonyl (C=O) groups is 1. The van der Waals surface area contributed by atoms with Crippen LogP contribution in [0.2, 0.25) is 0 Å². The first-order valence-corrected chi connectivity index (χ1v) is 10.3. The predicted octanol–water partition coefficient (Wildman–Crippen LogP) is 4.60. The zero-order valence-corrected chi connectivity index (χ0v) is 16.9. The van der Waals surface area contributed by atoms with Gasteiger partial charge in [-0.2, -0.15) is 0 Å². The van der Waals surface area contributed by atoms with E-state index in [0.717, 1.165) is 54.5 Å². The third-order valence-corrected chi connectivity index (χ3v) is 6.22. The van der Waals surface area contributed by atoms with Crippen LogP contribution in [0.1, 0.15) is 54.0 Å². The number of Topliss-reactive ketones (excluding diaryl/α,β-unsaturated/α-hetero) is 1. The Morgan fingerprint density at radius 2 is 2.08 bits per heavy atom. The van der Waals surface area contributed by atoms with E-state index in [4.69, 9.17) is 9.72 Å². The minimum atomic E-state index is -0.174. The van der Waals surface area contributed by atoms with Crippen molar-refractivity contribution >= 4 is 17.5 Å². The summed E-state index contributed by atoms with van der Waals surface area (Å²) in [6.45, 7) is 9.88. The molecule has 0 aliphatic carbocycles. The lowest BCUT2D eigenvalue weighted by molar-refractivity contribution is 0.0944. The number of hydrogen-bond donors (Lipinski definition) is 0. The number of hydrogen-bond acceptors (Lipinski definition) is 4. The van der Waals surface area contributed by atoms with E-state index in [2.05, 4.69) is 18.4 Å². The zero-order chi connectivity index (χ0) is 18.7. The Morgan fingerprint density at radius 1 is 1.35 bits per heavy atom. The van der Waals surface area contributed by atoms with Gasteiger partial charge in [-0.3, -0.25) is 4.79 Å². The second-order valence-electron chi connectivity index (χ2n) is 6.99. The Hall–Kier alpha value is -1.59. The third kappa shape index (κ3) is 4.21. The molecule has 26 heavy (non-hydrogen) atoms. The first-order chi connectivity index (χ1) is 12.5. The van der Waals surface area contributed by atoms with Crippen LogP contribution in [0.15, 0.2) is 29.4 Å². The average molecular weight is 373 g/mol. The van der Waals surface area contributed by atoms with Crippen molar-refractivity contribution in [3.63, 3.8) is 0 Å². The molecule has 0 radical (unpaired) electrons. The second-order valence-corrected chi connectivity index (χ2v) is 8.29. The number of benzene rings is 1. The van der Waals surface area contributed by atoms with Crippen molar-refractivity contribution in [3.8, 4) is 0 Å². The van der Waals surface area contributed by atoms with Gasteiger partial charge < -0.3 is 9.30 Å². The molecule has 3 rings (SSSR count). The van der Waals surface area contributed by atoms with Gasteiger partial charge in [0.1, 0.15) is 0 Å². The van der Waals surface area contributed by atoms with Crippen LogP contribution in [0.5, 0.6) is 0 Å². The molecule has 0 bridgehead atoms. The van der Waals surface area contributed by atoms with Crippen molar-refractivity contribution in [1.82, 2.24) is 9.55 Å². The SMILES string of the molecule is CCc1ccc(C(=O)[C@H](C)Sc2nc(C)c(C)n2C[C@@H]2CCCO2)cc1. The molecule has 0 N–H and O–H groups in total. The normalized spacial score (nSPS) is 18.2. The molecule has 1 saturated heterocycles. The number of ketones is 1. The molecule has 0 amide bonds. The molecule has 1 aromatic heterocycles. The summed E-state index contributed by atoms with van der Waals surface area (Å²) in [5.74, 6) is 0.152. The smallest absolute Gasteiger partial charge is 0.175 e. The molecule has 4 nitrogen and oxygen atoms in total. The number of imidazole rings is 1. The molecule has 5 heteroatoms. The number of aryl methyl sites for hydroxylation is 2. The molecule has 2 heterocycles. The van der Waals surface area contributed by atoms with Gasteiger partial charge in [-0.15, -0.1) is 0 Å². The summed E-state index contributed by atoms with van der Waals surface area (Å²) in [7, 11) is 0. The van der Waals surface area contributed by atoms with Crippen LogP contribution in [0.25, 0.3) is 0 Å². The predicted molar refractivity (Wildman–Crippen MR) is 106 cm³/mol. The molecule has 0 saturated carbocycles. The first-order valence-electron chi connectivity index (χ1n) is 9.44. The Bertz CT molecular complexity index is 761. The summed E-state index contributed by atoms with van der Waals surface area (Å²) in [5.41, 5.74) is 4.21. The minimum Gasteiger partial charge on any atom is -0.376 e. The molecule has 2 atom stereocenters. The van der Waals surface area contributed by atoms with Gasteiger partial charge in [0.25, 0.3) is 0 Å². The number of thioether (sulfide) groups is 1. The van der Waals surface area contributed by atoms with Crippen LogP contribution in [-0.4, -0.2) is 33.3 Å². The van der Waals surface area contributed by atoms with Crippen LogP contribution in [0, 0.1) is 13.8 Å². The van der Waals surface area contributed by atoms with Crippen LogP contribution in [-0.2, 0) is 17.7 Å². The molecular formula is C21H28N2O2S. The van der Waals surface area contributed by atoms with Gasteiger partial charge in [-0.25, -0.2) is 4.98 Å². The van der Waals surface area contributed by atoms with E-state index in [-0.39, 0.29) is 17.1 Å². The van der Waals surface area contributed by atoms with Gasteiger partial charge in [-0.05, 0) is 45.6 Å². The lowest BCUT2D eigenvalue weighted by Gasteiger charge is -2.16. The van der Waals surface area contributed by atoms with Crippen molar-refractivity contribution < 1.29 is 9.53 Å². The van der Waals surface area contributed by atoms with Crippen molar-refractivity contribution in [1.29, 1.82) is 0 Å². The second kappa shape index (κ2) is 8.40. The van der Waals surface area contributed by atoms with Crippen LogP contribution >= 0.6 is 11.8 Å². The largest absolute Gasteiger partial charge is 0.376 e. The van der Waals surface area contributed by atoms with E-state index < -0.39 is 0 Å². The summed E-state index contributed by atoms with van der Waals surface area (Å²) in [6, 6.07) is 7.95. The topological polar surface area (TPSA) is 44.1 Å². The monoisotopic (exact) mass is 372 g/mol. The quantitative estimate of drug-likeness (QED) is 0.526. The maximum atomic E-state index is 12.8. The summed E-state index contributed by atoms with van der Waals surface area (Å²) >= 11 is 1.55. The van der Waals surface area contributed by atoms with Gasteiger partial charge in [0.2, 0.25) is 0 Å². The maximum Gasteiger partial charge on any atom is 0.175 e. The van der Waals surface area contributed by atoms with Crippen LogP contribution < -0.4 is 0 Å². The summed E-state index contributed by atoms with van der Waals surface area (Å²) in [4.78, 5) is 17.5. The third-order valence-electron chi connectivity index (χ3n) is 5.13. The van der Waals surface area contributed by atoms with Crippen molar-refractivity contribution in [3.05, 3.63) is 46.8 Å². The lowest BCUT2D eigenvalue weighted by Crippen LogP contribution is -2.19. The zero-order valence-electron chi connectivity index (χ0n) is 16.1. The highest BCUT2D eigenvalue weighted by molar-refractivity contribution is 8.00. The fourth-order valence-corrected chi connectivity index (χ4v) is 4.36. The number of aromatic nitrogens is 2. The van der Waals surface area contributed by atoms with Crippen LogP contribution in [0.4, 0.5) is 0 Å². The van der Waals surface area contributed by atoms with Gasteiger partial charge in [0, 0.05) is 17.9 Å². The van der Waals surface area contributed by atoms with E-state index >= 15 is 0 Å². The standard InChI is InChI=1S/C21H28N2O2S/c1-5-17-8-10-18(11-9-17)20(24)16(4)26-21-22-14(2)15(3)23(21)13-19-7-6-12-25-19/h8-11,16,19H,5-7,12-13H2,1-4H3/t16-,19-/m0/s1. The molecule has 1 aliphatic heterocycles. The number of carbonyl (C=O) groups excluding carboxylic acids is 1. The molecule has 2 aromatic rings. The van der Waals surface area contributed by atoms with Crippen molar-refractivity contribution in [2.75, 3.05) is 6.61 Å². The fourth-order valence-electron chi connectivity index (χ4n) is 3.27. The fraction of sp³-hybridized carbons (Fsp3) is 0.524. The lowest BCUT2D eigenvalue weighted by atomic mass is 10.1. The molecule has 0 spiro atoms. The van der Waals surface area contributed by atoms with Gasteiger partial charge >= 0.3 is 0 Å². The van der Waals surface area contributed by atoms with E-state index in [0.29, 0.717) is 0 Å². The minimum absolute atomic E-state index is 0.152. The Kier molecular flexibility index (Phi) is 6.20. The van der Waals surface area contributed by atoms with Crippen molar-refractivity contribution in [2.45, 2.75) is 70.0 Å². The number of nitrogens with zero attached hydrogens (tertiary/aromatic N) is 2.